The lowest BCUT2D eigenvalue weighted by molar-refractivity contribution is -0.144. The molecule has 0 bridgehead atoms. The maximum atomic E-state index is 12.1. The number of fused-ring (bicyclic) bond motifs is 1. The molecule has 2 aromatic carbocycles. The first-order chi connectivity index (χ1) is 12.5. The molecule has 0 amide bonds. The van der Waals surface area contributed by atoms with Crippen molar-refractivity contribution in [2.24, 2.45) is 0 Å². The second kappa shape index (κ2) is 7.44. The van der Waals surface area contributed by atoms with E-state index in [2.05, 4.69) is 0 Å². The first-order valence-electron chi connectivity index (χ1n) is 8.29. The lowest BCUT2D eigenvalue weighted by atomic mass is 10.0. The number of benzene rings is 2. The van der Waals surface area contributed by atoms with E-state index in [4.69, 9.17) is 13.9 Å². The Morgan fingerprint density at radius 3 is 2.42 bits per heavy atom. The zero-order valence-corrected chi connectivity index (χ0v) is 15.0. The SMILES string of the molecule is COc1ccc(CC(=O)OCc2cc(=O)oc3cc(C)c(C)cc23)cc1. The molecule has 1 heterocycles. The summed E-state index contributed by atoms with van der Waals surface area (Å²) in [6.45, 7) is 3.97. The summed E-state index contributed by atoms with van der Waals surface area (Å²) in [5.41, 5.74) is 3.64. The van der Waals surface area contributed by atoms with Crippen molar-refractivity contribution in [2.75, 3.05) is 7.11 Å². The van der Waals surface area contributed by atoms with Crippen LogP contribution in [0.2, 0.25) is 0 Å². The van der Waals surface area contributed by atoms with E-state index in [0.29, 0.717) is 11.1 Å². The molecule has 26 heavy (non-hydrogen) atoms. The maximum Gasteiger partial charge on any atom is 0.336 e. The molecule has 3 rings (SSSR count). The predicted octanol–water partition coefficient (Wildman–Crippen LogP) is 3.70. The topological polar surface area (TPSA) is 65.7 Å². The first-order valence-corrected chi connectivity index (χ1v) is 8.29. The standard InChI is InChI=1S/C21H20O5/c1-13-8-18-16(11-21(23)26-19(18)9-14(13)2)12-25-20(22)10-15-4-6-17(24-3)7-5-15/h4-9,11H,10,12H2,1-3H3. The second-order valence-electron chi connectivity index (χ2n) is 6.21. The van der Waals surface area contributed by atoms with Gasteiger partial charge in [0.1, 0.15) is 17.9 Å². The van der Waals surface area contributed by atoms with Crippen LogP contribution in [0.5, 0.6) is 5.75 Å². The number of hydrogen-bond acceptors (Lipinski definition) is 5. The van der Waals surface area contributed by atoms with Crippen LogP contribution >= 0.6 is 0 Å². The molecule has 0 spiro atoms. The van der Waals surface area contributed by atoms with Crippen molar-refractivity contribution in [1.29, 1.82) is 0 Å². The molecule has 0 saturated heterocycles. The van der Waals surface area contributed by atoms with Crippen LogP contribution in [-0.4, -0.2) is 13.1 Å². The van der Waals surface area contributed by atoms with Crippen LogP contribution < -0.4 is 10.4 Å². The summed E-state index contributed by atoms with van der Waals surface area (Å²) >= 11 is 0. The third-order valence-electron chi connectivity index (χ3n) is 4.34. The van der Waals surface area contributed by atoms with Crippen LogP contribution in [0.3, 0.4) is 0 Å². The van der Waals surface area contributed by atoms with E-state index in [9.17, 15) is 9.59 Å². The molecule has 3 aromatic rings. The van der Waals surface area contributed by atoms with Gasteiger partial charge in [-0.15, -0.1) is 0 Å². The van der Waals surface area contributed by atoms with Gasteiger partial charge in [-0.05, 0) is 54.8 Å². The number of carbonyl (C=O) groups excluding carboxylic acids is 1. The summed E-state index contributed by atoms with van der Waals surface area (Å²) in [5.74, 6) is 0.371. The fraction of sp³-hybridized carbons (Fsp3) is 0.238. The number of aryl methyl sites for hydroxylation is 2. The van der Waals surface area contributed by atoms with Crippen LogP contribution in [0.4, 0.5) is 0 Å². The Morgan fingerprint density at radius 1 is 1.04 bits per heavy atom. The number of methoxy groups -OCH3 is 1. The summed E-state index contributed by atoms with van der Waals surface area (Å²) in [6, 6.07) is 12.4. The minimum atomic E-state index is -0.457. The Labute approximate surface area is 151 Å². The summed E-state index contributed by atoms with van der Waals surface area (Å²) in [4.78, 5) is 23.9. The van der Waals surface area contributed by atoms with Gasteiger partial charge in [-0.25, -0.2) is 4.79 Å². The Bertz CT molecular complexity index is 999. The second-order valence-corrected chi connectivity index (χ2v) is 6.21. The van der Waals surface area contributed by atoms with Crippen molar-refractivity contribution in [1.82, 2.24) is 0 Å². The first kappa shape index (κ1) is 17.7. The Balaban J connectivity index is 1.75. The van der Waals surface area contributed by atoms with Gasteiger partial charge >= 0.3 is 11.6 Å². The molecule has 0 aliphatic heterocycles. The predicted molar refractivity (Wildman–Crippen MR) is 98.5 cm³/mol. The molecule has 5 nitrogen and oxygen atoms in total. The highest BCUT2D eigenvalue weighted by atomic mass is 16.5. The zero-order valence-electron chi connectivity index (χ0n) is 15.0. The van der Waals surface area contributed by atoms with Gasteiger partial charge in [0.25, 0.3) is 0 Å². The number of rotatable bonds is 5. The van der Waals surface area contributed by atoms with Crippen molar-refractivity contribution in [3.63, 3.8) is 0 Å². The summed E-state index contributed by atoms with van der Waals surface area (Å²) in [5, 5.41) is 0.782. The van der Waals surface area contributed by atoms with Crippen molar-refractivity contribution in [2.45, 2.75) is 26.9 Å². The smallest absolute Gasteiger partial charge is 0.336 e. The molecule has 0 fully saturated rings. The van der Waals surface area contributed by atoms with Crippen molar-refractivity contribution in [3.8, 4) is 5.75 Å². The molecule has 0 N–H and O–H groups in total. The maximum absolute atomic E-state index is 12.1. The number of hydrogen-bond donors (Lipinski definition) is 0. The fourth-order valence-electron chi connectivity index (χ4n) is 2.72. The number of carbonyl (C=O) groups is 1. The van der Waals surface area contributed by atoms with Crippen LogP contribution in [-0.2, 0) is 22.6 Å². The highest BCUT2D eigenvalue weighted by Gasteiger charge is 2.11. The zero-order chi connectivity index (χ0) is 18.7. The van der Waals surface area contributed by atoms with E-state index in [1.54, 1.807) is 19.2 Å². The van der Waals surface area contributed by atoms with Gasteiger partial charge in [0.2, 0.25) is 0 Å². The summed E-state index contributed by atoms with van der Waals surface area (Å²) in [6.07, 6.45) is 0.154. The molecule has 5 heteroatoms. The van der Waals surface area contributed by atoms with Crippen LogP contribution in [0.25, 0.3) is 11.0 Å². The number of esters is 1. The fourth-order valence-corrected chi connectivity index (χ4v) is 2.72. The average Bonchev–Trinajstić information content (AvgIpc) is 2.62. The van der Waals surface area contributed by atoms with Crippen molar-refractivity contribution >= 4 is 16.9 Å². The minimum absolute atomic E-state index is 0.0274. The van der Waals surface area contributed by atoms with Gasteiger partial charge in [0, 0.05) is 17.0 Å². The minimum Gasteiger partial charge on any atom is -0.497 e. The monoisotopic (exact) mass is 352 g/mol. The molecule has 134 valence electrons. The van der Waals surface area contributed by atoms with E-state index in [1.807, 2.05) is 38.1 Å². The third kappa shape index (κ3) is 3.94. The normalized spacial score (nSPS) is 10.7. The highest BCUT2D eigenvalue weighted by molar-refractivity contribution is 5.82. The Morgan fingerprint density at radius 2 is 1.73 bits per heavy atom. The quantitative estimate of drug-likeness (QED) is 0.517. The molecule has 0 unspecified atom stereocenters. The Hall–Kier alpha value is -3.08. The molecule has 0 aliphatic carbocycles. The van der Waals surface area contributed by atoms with E-state index in [0.717, 1.165) is 27.8 Å². The van der Waals surface area contributed by atoms with E-state index in [-0.39, 0.29) is 19.0 Å². The van der Waals surface area contributed by atoms with Gasteiger partial charge in [-0.2, -0.15) is 0 Å². The van der Waals surface area contributed by atoms with Gasteiger partial charge in [0.05, 0.1) is 13.5 Å². The molecule has 1 aromatic heterocycles. The van der Waals surface area contributed by atoms with Crippen molar-refractivity contribution in [3.05, 3.63) is 75.1 Å². The van der Waals surface area contributed by atoms with Gasteiger partial charge in [-0.3, -0.25) is 4.79 Å². The average molecular weight is 352 g/mol. The van der Waals surface area contributed by atoms with Crippen LogP contribution in [0.15, 0.2) is 51.7 Å². The largest absolute Gasteiger partial charge is 0.497 e. The summed E-state index contributed by atoms with van der Waals surface area (Å²) < 4.78 is 15.7. The van der Waals surface area contributed by atoms with E-state index in [1.165, 1.54) is 6.07 Å². The molecular formula is C21H20O5. The lowest BCUT2D eigenvalue weighted by Gasteiger charge is -2.09. The Kier molecular flexibility index (Phi) is 5.07. The molecule has 0 aliphatic rings. The van der Waals surface area contributed by atoms with Crippen molar-refractivity contribution < 1.29 is 18.7 Å². The molecule has 0 saturated carbocycles. The lowest BCUT2D eigenvalue weighted by Crippen LogP contribution is -2.10. The van der Waals surface area contributed by atoms with Gasteiger partial charge < -0.3 is 13.9 Å². The van der Waals surface area contributed by atoms with Crippen LogP contribution in [0, 0.1) is 13.8 Å². The highest BCUT2D eigenvalue weighted by Crippen LogP contribution is 2.22. The number of ether oxygens (including phenoxy) is 2. The molecule has 0 atom stereocenters. The third-order valence-corrected chi connectivity index (χ3v) is 4.34. The molecular weight excluding hydrogens is 332 g/mol. The van der Waals surface area contributed by atoms with Crippen LogP contribution in [0.1, 0.15) is 22.3 Å². The van der Waals surface area contributed by atoms with E-state index < -0.39 is 5.63 Å². The molecule has 0 radical (unpaired) electrons. The van der Waals surface area contributed by atoms with E-state index >= 15 is 0 Å². The van der Waals surface area contributed by atoms with Gasteiger partial charge in [-0.1, -0.05) is 12.1 Å². The summed E-state index contributed by atoms with van der Waals surface area (Å²) in [7, 11) is 1.59. The van der Waals surface area contributed by atoms with Gasteiger partial charge in [0.15, 0.2) is 0 Å².